The van der Waals surface area contributed by atoms with Gasteiger partial charge in [0.05, 0.1) is 11.2 Å². The molecule has 6 rings (SSSR count). The van der Waals surface area contributed by atoms with E-state index in [1.807, 2.05) is 12.1 Å². The lowest BCUT2D eigenvalue weighted by Gasteiger charge is -2.38. The van der Waals surface area contributed by atoms with Gasteiger partial charge >= 0.3 is 0 Å². The lowest BCUT2D eigenvalue weighted by atomic mass is 9.66. The Balaban J connectivity index is 1.74. The number of nitrogens with zero attached hydrogens (tertiary/aromatic N) is 3. The third kappa shape index (κ3) is 2.55. The molecular weight excluding hydrogens is 394 g/mol. The van der Waals surface area contributed by atoms with Gasteiger partial charge in [0.15, 0.2) is 24.5 Å². The highest BCUT2D eigenvalue weighted by atomic mass is 16.3. The number of pyridine rings is 1. The first-order valence-electron chi connectivity index (χ1n) is 11.5. The summed E-state index contributed by atoms with van der Waals surface area (Å²) in [6.07, 6.45) is 4.68. The first-order valence-corrected chi connectivity index (χ1v) is 11.5. The molecule has 0 amide bonds. The fourth-order valence-electron chi connectivity index (χ4n) is 5.59. The molecule has 4 nitrogen and oxygen atoms in total. The SMILES string of the molecule is Cc1ccc2c(oc3nc4ccccc4cc32)c1-n1c2c(c[n+]1C)C(C)(C)CCC2(C)C. The Hall–Kier alpha value is -3.14. The molecule has 0 fully saturated rings. The minimum absolute atomic E-state index is 0.0830. The minimum Gasteiger partial charge on any atom is -0.435 e. The van der Waals surface area contributed by atoms with E-state index in [4.69, 9.17) is 9.40 Å². The van der Waals surface area contributed by atoms with E-state index in [-0.39, 0.29) is 10.8 Å². The zero-order valence-corrected chi connectivity index (χ0v) is 19.8. The Kier molecular flexibility index (Phi) is 3.80. The molecule has 162 valence electrons. The van der Waals surface area contributed by atoms with Crippen molar-refractivity contribution in [3.63, 3.8) is 0 Å². The summed E-state index contributed by atoms with van der Waals surface area (Å²) in [5, 5.41) is 3.33. The largest absolute Gasteiger partial charge is 0.435 e. The molecule has 0 spiro atoms. The molecule has 3 aromatic heterocycles. The molecule has 4 heteroatoms. The smallest absolute Gasteiger partial charge is 0.228 e. The quantitative estimate of drug-likeness (QED) is 0.292. The molecule has 0 atom stereocenters. The zero-order chi connectivity index (χ0) is 22.4. The number of benzene rings is 2. The molecule has 0 unspecified atom stereocenters. The van der Waals surface area contributed by atoms with Crippen LogP contribution in [-0.4, -0.2) is 9.67 Å². The van der Waals surface area contributed by atoms with Crippen LogP contribution in [0.3, 0.4) is 0 Å². The van der Waals surface area contributed by atoms with Gasteiger partial charge in [-0.3, -0.25) is 0 Å². The highest BCUT2D eigenvalue weighted by Crippen LogP contribution is 2.47. The van der Waals surface area contributed by atoms with E-state index in [2.05, 4.69) is 87.6 Å². The number of furan rings is 1. The number of hydrogen-bond acceptors (Lipinski definition) is 2. The van der Waals surface area contributed by atoms with Gasteiger partial charge in [0.25, 0.3) is 0 Å². The number of rotatable bonds is 1. The number of aromatic nitrogens is 3. The number of fused-ring (bicyclic) bond motifs is 5. The van der Waals surface area contributed by atoms with Gasteiger partial charge in [0.1, 0.15) is 0 Å². The van der Waals surface area contributed by atoms with Crippen LogP contribution in [0.1, 0.15) is 57.4 Å². The van der Waals surface area contributed by atoms with Gasteiger partial charge in [0, 0.05) is 27.1 Å². The lowest BCUT2D eigenvalue weighted by Crippen LogP contribution is -2.41. The van der Waals surface area contributed by atoms with E-state index >= 15 is 0 Å². The minimum atomic E-state index is 0.0830. The second-order valence-electron chi connectivity index (χ2n) is 10.8. The molecule has 0 N–H and O–H groups in total. The highest BCUT2D eigenvalue weighted by Gasteiger charge is 2.44. The normalized spacial score (nSPS) is 17.3. The zero-order valence-electron chi connectivity index (χ0n) is 19.8. The van der Waals surface area contributed by atoms with Crippen molar-refractivity contribution in [1.82, 2.24) is 9.67 Å². The predicted octanol–water partition coefficient (Wildman–Crippen LogP) is 6.41. The Bertz CT molecular complexity index is 1550. The summed E-state index contributed by atoms with van der Waals surface area (Å²) in [7, 11) is 2.15. The molecular formula is C28H30N3O+. The van der Waals surface area contributed by atoms with E-state index in [9.17, 15) is 0 Å². The standard InChI is InChI=1S/C28H30N3O/c1-17-11-12-19-20-15-18-9-7-8-10-22(18)29-26(20)32-24(19)23(17)31-25-21(16-30(31)6)27(2,3)13-14-28(25,4)5/h7-12,15-16H,13-14H2,1-6H3/q+1. The van der Waals surface area contributed by atoms with Gasteiger partial charge < -0.3 is 4.42 Å². The van der Waals surface area contributed by atoms with Crippen LogP contribution in [0.4, 0.5) is 0 Å². The van der Waals surface area contributed by atoms with Crippen LogP contribution in [-0.2, 0) is 17.9 Å². The Morgan fingerprint density at radius 1 is 0.969 bits per heavy atom. The van der Waals surface area contributed by atoms with Crippen molar-refractivity contribution in [2.75, 3.05) is 0 Å². The summed E-state index contributed by atoms with van der Waals surface area (Å²) in [5.74, 6) is 0. The van der Waals surface area contributed by atoms with Crippen molar-refractivity contribution in [3.05, 3.63) is 65.5 Å². The highest BCUT2D eigenvalue weighted by molar-refractivity contribution is 6.09. The van der Waals surface area contributed by atoms with Gasteiger partial charge in [0.2, 0.25) is 5.71 Å². The van der Waals surface area contributed by atoms with Crippen molar-refractivity contribution in [3.8, 4) is 5.69 Å². The lowest BCUT2D eigenvalue weighted by molar-refractivity contribution is -0.745. The summed E-state index contributed by atoms with van der Waals surface area (Å²) in [5.41, 5.74) is 7.98. The van der Waals surface area contributed by atoms with E-state index in [1.54, 1.807) is 0 Å². The molecule has 0 saturated heterocycles. The molecule has 0 bridgehead atoms. The second-order valence-corrected chi connectivity index (χ2v) is 10.8. The molecule has 32 heavy (non-hydrogen) atoms. The molecule has 0 saturated carbocycles. The van der Waals surface area contributed by atoms with Crippen LogP contribution in [0.2, 0.25) is 0 Å². The maximum atomic E-state index is 6.52. The van der Waals surface area contributed by atoms with Crippen LogP contribution in [0.15, 0.2) is 53.1 Å². The maximum absolute atomic E-state index is 6.52. The van der Waals surface area contributed by atoms with Gasteiger partial charge in [-0.1, -0.05) is 52.0 Å². The monoisotopic (exact) mass is 424 g/mol. The van der Waals surface area contributed by atoms with Crippen molar-refractivity contribution in [2.45, 2.75) is 58.3 Å². The van der Waals surface area contributed by atoms with Gasteiger partial charge in [-0.2, -0.15) is 0 Å². The molecule has 3 heterocycles. The average molecular weight is 425 g/mol. The van der Waals surface area contributed by atoms with Crippen molar-refractivity contribution < 1.29 is 9.10 Å². The van der Waals surface area contributed by atoms with Crippen LogP contribution < -0.4 is 4.68 Å². The molecule has 0 radical (unpaired) electrons. The predicted molar refractivity (Wildman–Crippen MR) is 130 cm³/mol. The summed E-state index contributed by atoms with van der Waals surface area (Å²) in [6.45, 7) is 11.7. The van der Waals surface area contributed by atoms with Crippen LogP contribution in [0, 0.1) is 6.92 Å². The van der Waals surface area contributed by atoms with Crippen molar-refractivity contribution in [2.24, 2.45) is 7.05 Å². The third-order valence-corrected chi connectivity index (χ3v) is 7.57. The average Bonchev–Trinajstić information content (AvgIpc) is 3.28. The van der Waals surface area contributed by atoms with E-state index in [0.717, 1.165) is 32.9 Å². The fourth-order valence-corrected chi connectivity index (χ4v) is 5.59. The Morgan fingerprint density at radius 3 is 2.53 bits per heavy atom. The van der Waals surface area contributed by atoms with Crippen LogP contribution in [0.5, 0.6) is 0 Å². The second kappa shape index (κ2) is 6.22. The van der Waals surface area contributed by atoms with Crippen molar-refractivity contribution >= 4 is 33.0 Å². The van der Waals surface area contributed by atoms with E-state index in [1.165, 1.54) is 29.7 Å². The maximum Gasteiger partial charge on any atom is 0.228 e. The molecule has 0 aliphatic heterocycles. The van der Waals surface area contributed by atoms with Crippen LogP contribution in [0.25, 0.3) is 38.7 Å². The third-order valence-electron chi connectivity index (χ3n) is 7.57. The number of hydrogen-bond donors (Lipinski definition) is 0. The first-order chi connectivity index (χ1) is 15.2. The Labute approximate surface area is 188 Å². The first kappa shape index (κ1) is 19.5. The van der Waals surface area contributed by atoms with Crippen molar-refractivity contribution in [1.29, 1.82) is 0 Å². The molecule has 2 aromatic carbocycles. The van der Waals surface area contributed by atoms with Gasteiger partial charge in [-0.25, -0.2) is 4.98 Å². The summed E-state index contributed by atoms with van der Waals surface area (Å²) in [6, 6.07) is 14.8. The molecule has 1 aliphatic carbocycles. The van der Waals surface area contributed by atoms with Gasteiger partial charge in [-0.05, 0) is 48.9 Å². The molecule has 5 aromatic rings. The summed E-state index contributed by atoms with van der Waals surface area (Å²) >= 11 is 0. The number of aryl methyl sites for hydroxylation is 2. The topological polar surface area (TPSA) is 34.8 Å². The summed E-state index contributed by atoms with van der Waals surface area (Å²) < 4.78 is 11.2. The van der Waals surface area contributed by atoms with E-state index < -0.39 is 0 Å². The van der Waals surface area contributed by atoms with Gasteiger partial charge in [-0.15, -0.1) is 9.36 Å². The summed E-state index contributed by atoms with van der Waals surface area (Å²) in [4.78, 5) is 4.85. The fraction of sp³-hybridized carbons (Fsp3) is 0.357. The number of para-hydroxylation sites is 1. The Morgan fingerprint density at radius 2 is 1.72 bits per heavy atom. The van der Waals surface area contributed by atoms with E-state index in [0.29, 0.717) is 5.71 Å². The van der Waals surface area contributed by atoms with Crippen LogP contribution >= 0.6 is 0 Å². The molecule has 1 aliphatic rings.